The van der Waals surface area contributed by atoms with Gasteiger partial charge in [0.05, 0.1) is 6.61 Å². The lowest BCUT2D eigenvalue weighted by Crippen LogP contribution is -2.25. The molecule has 22 heavy (non-hydrogen) atoms. The van der Waals surface area contributed by atoms with Gasteiger partial charge < -0.3 is 10.1 Å². The highest BCUT2D eigenvalue weighted by Gasteiger charge is 2.10. The van der Waals surface area contributed by atoms with E-state index in [-0.39, 0.29) is 11.5 Å². The summed E-state index contributed by atoms with van der Waals surface area (Å²) in [5.74, 6) is 0.361. The SMILES string of the molecule is CCCCCNC(=O)/C(C#N)=C/c1ccccc1OCCC. The fourth-order valence-corrected chi connectivity index (χ4v) is 1.92. The van der Waals surface area contributed by atoms with Gasteiger partial charge in [0.2, 0.25) is 0 Å². The van der Waals surface area contributed by atoms with Crippen molar-refractivity contribution >= 4 is 12.0 Å². The number of nitriles is 1. The zero-order chi connectivity index (χ0) is 16.2. The van der Waals surface area contributed by atoms with E-state index < -0.39 is 0 Å². The van der Waals surface area contributed by atoms with Gasteiger partial charge in [-0.15, -0.1) is 0 Å². The molecule has 0 saturated carbocycles. The van der Waals surface area contributed by atoms with Crippen LogP contribution in [0, 0.1) is 11.3 Å². The lowest BCUT2D eigenvalue weighted by Gasteiger charge is -2.08. The van der Waals surface area contributed by atoms with Gasteiger partial charge in [-0.1, -0.05) is 44.9 Å². The second-order valence-corrected chi connectivity index (χ2v) is 5.02. The summed E-state index contributed by atoms with van der Waals surface area (Å²) in [4.78, 5) is 12.0. The van der Waals surface area contributed by atoms with E-state index in [9.17, 15) is 10.1 Å². The summed E-state index contributed by atoms with van der Waals surface area (Å²) < 4.78 is 5.64. The largest absolute Gasteiger partial charge is 0.493 e. The van der Waals surface area contributed by atoms with Crippen LogP contribution in [0.25, 0.3) is 6.08 Å². The van der Waals surface area contributed by atoms with Crippen LogP contribution in [0.15, 0.2) is 29.8 Å². The number of benzene rings is 1. The fourth-order valence-electron chi connectivity index (χ4n) is 1.92. The summed E-state index contributed by atoms with van der Waals surface area (Å²) in [6.45, 7) is 5.34. The molecule has 0 radical (unpaired) electrons. The van der Waals surface area contributed by atoms with Crippen molar-refractivity contribution < 1.29 is 9.53 Å². The Hall–Kier alpha value is -2.28. The highest BCUT2D eigenvalue weighted by atomic mass is 16.5. The van der Waals surface area contributed by atoms with E-state index in [4.69, 9.17) is 4.74 Å². The van der Waals surface area contributed by atoms with E-state index in [1.54, 1.807) is 6.08 Å². The molecule has 118 valence electrons. The molecule has 0 aliphatic heterocycles. The Morgan fingerprint density at radius 1 is 1.27 bits per heavy atom. The zero-order valence-electron chi connectivity index (χ0n) is 13.4. The van der Waals surface area contributed by atoms with Crippen molar-refractivity contribution in [1.82, 2.24) is 5.32 Å². The topological polar surface area (TPSA) is 62.1 Å². The van der Waals surface area contributed by atoms with Gasteiger partial charge >= 0.3 is 0 Å². The van der Waals surface area contributed by atoms with Crippen LogP contribution in [0.2, 0.25) is 0 Å². The van der Waals surface area contributed by atoms with Crippen LogP contribution in [-0.2, 0) is 4.79 Å². The normalized spacial score (nSPS) is 10.9. The monoisotopic (exact) mass is 300 g/mol. The maximum atomic E-state index is 12.0. The van der Waals surface area contributed by atoms with E-state index in [1.807, 2.05) is 37.3 Å². The maximum absolute atomic E-state index is 12.0. The summed E-state index contributed by atoms with van der Waals surface area (Å²) in [5, 5.41) is 12.0. The van der Waals surface area contributed by atoms with Crippen molar-refractivity contribution in [1.29, 1.82) is 5.26 Å². The van der Waals surface area contributed by atoms with E-state index in [1.165, 1.54) is 0 Å². The van der Waals surface area contributed by atoms with Gasteiger partial charge in [0.1, 0.15) is 17.4 Å². The molecule has 4 nitrogen and oxygen atoms in total. The second-order valence-electron chi connectivity index (χ2n) is 5.02. The van der Waals surface area contributed by atoms with Gasteiger partial charge in [-0.05, 0) is 25.0 Å². The van der Waals surface area contributed by atoms with Gasteiger partial charge in [0, 0.05) is 12.1 Å². The van der Waals surface area contributed by atoms with Gasteiger partial charge in [-0.25, -0.2) is 0 Å². The fraction of sp³-hybridized carbons (Fsp3) is 0.444. The molecule has 0 aliphatic rings. The number of amides is 1. The first-order valence-electron chi connectivity index (χ1n) is 7.84. The average molecular weight is 300 g/mol. The molecular weight excluding hydrogens is 276 g/mol. The minimum Gasteiger partial charge on any atom is -0.493 e. The molecule has 0 unspecified atom stereocenters. The van der Waals surface area contributed by atoms with E-state index in [2.05, 4.69) is 12.2 Å². The van der Waals surface area contributed by atoms with Gasteiger partial charge in [0.25, 0.3) is 5.91 Å². The number of nitrogens with zero attached hydrogens (tertiary/aromatic N) is 1. The smallest absolute Gasteiger partial charge is 0.261 e. The Balaban J connectivity index is 2.79. The highest BCUT2D eigenvalue weighted by Crippen LogP contribution is 2.21. The van der Waals surface area contributed by atoms with Crippen LogP contribution in [-0.4, -0.2) is 19.1 Å². The van der Waals surface area contributed by atoms with Crippen molar-refractivity contribution in [3.63, 3.8) is 0 Å². The lowest BCUT2D eigenvalue weighted by molar-refractivity contribution is -0.117. The van der Waals surface area contributed by atoms with Crippen LogP contribution in [0.3, 0.4) is 0 Å². The molecule has 0 fully saturated rings. The first-order chi connectivity index (χ1) is 10.7. The number of hydrogen-bond acceptors (Lipinski definition) is 3. The third-order valence-corrected chi connectivity index (χ3v) is 3.11. The lowest BCUT2D eigenvalue weighted by atomic mass is 10.1. The van der Waals surface area contributed by atoms with Gasteiger partial charge in [-0.3, -0.25) is 4.79 Å². The van der Waals surface area contributed by atoms with E-state index in [0.717, 1.165) is 31.2 Å². The second kappa shape index (κ2) is 10.4. The first-order valence-corrected chi connectivity index (χ1v) is 7.84. The van der Waals surface area contributed by atoms with Crippen LogP contribution < -0.4 is 10.1 Å². The molecule has 0 heterocycles. The molecule has 0 aromatic heterocycles. The Morgan fingerprint density at radius 3 is 2.73 bits per heavy atom. The van der Waals surface area contributed by atoms with Gasteiger partial charge in [-0.2, -0.15) is 5.26 Å². The van der Waals surface area contributed by atoms with Crippen LogP contribution in [0.4, 0.5) is 0 Å². The molecule has 0 saturated heterocycles. The number of ether oxygens (including phenoxy) is 1. The third kappa shape index (κ3) is 6.01. The van der Waals surface area contributed by atoms with Crippen LogP contribution in [0.1, 0.15) is 45.1 Å². The highest BCUT2D eigenvalue weighted by molar-refractivity contribution is 6.01. The van der Waals surface area contributed by atoms with E-state index >= 15 is 0 Å². The number of carbonyl (C=O) groups is 1. The average Bonchev–Trinajstić information content (AvgIpc) is 2.55. The molecule has 1 aromatic carbocycles. The maximum Gasteiger partial charge on any atom is 0.261 e. The summed E-state index contributed by atoms with van der Waals surface area (Å²) >= 11 is 0. The summed E-state index contributed by atoms with van der Waals surface area (Å²) in [6, 6.07) is 9.39. The zero-order valence-corrected chi connectivity index (χ0v) is 13.4. The van der Waals surface area contributed by atoms with E-state index in [0.29, 0.717) is 18.9 Å². The van der Waals surface area contributed by atoms with Crippen LogP contribution >= 0.6 is 0 Å². The Bertz CT molecular complexity index is 544. The predicted molar refractivity (Wildman–Crippen MR) is 88.4 cm³/mol. The quantitative estimate of drug-likeness (QED) is 0.430. The Kier molecular flexibility index (Phi) is 8.44. The molecule has 1 N–H and O–H groups in total. The number of hydrogen-bond donors (Lipinski definition) is 1. The van der Waals surface area contributed by atoms with Crippen LogP contribution in [0.5, 0.6) is 5.75 Å². The minimum atomic E-state index is -0.330. The summed E-state index contributed by atoms with van der Waals surface area (Å²) in [5.41, 5.74) is 0.847. The van der Waals surface area contributed by atoms with Crippen molar-refractivity contribution in [2.75, 3.05) is 13.2 Å². The molecule has 0 spiro atoms. The summed E-state index contributed by atoms with van der Waals surface area (Å²) in [7, 11) is 0. The molecule has 0 bridgehead atoms. The molecular formula is C18H24N2O2. The number of carbonyl (C=O) groups excluding carboxylic acids is 1. The molecule has 0 atom stereocenters. The summed E-state index contributed by atoms with van der Waals surface area (Å²) in [6.07, 6.45) is 5.58. The molecule has 1 rings (SSSR count). The van der Waals surface area contributed by atoms with Crippen molar-refractivity contribution in [2.24, 2.45) is 0 Å². The van der Waals surface area contributed by atoms with Gasteiger partial charge in [0.15, 0.2) is 0 Å². The van der Waals surface area contributed by atoms with Crippen molar-refractivity contribution in [2.45, 2.75) is 39.5 Å². The standard InChI is InChI=1S/C18H24N2O2/c1-3-5-8-11-20-18(21)16(14-19)13-15-9-6-7-10-17(15)22-12-4-2/h6-7,9-10,13H,3-5,8,11-12H2,1-2H3,(H,20,21)/b16-13+. The van der Waals surface area contributed by atoms with Crippen molar-refractivity contribution in [3.05, 3.63) is 35.4 Å². The Labute approximate surface area is 132 Å². The molecule has 0 aliphatic carbocycles. The first kappa shape index (κ1) is 17.8. The van der Waals surface area contributed by atoms with Crippen molar-refractivity contribution in [3.8, 4) is 11.8 Å². The number of nitrogens with one attached hydrogen (secondary N) is 1. The number of rotatable bonds is 9. The molecule has 1 aromatic rings. The molecule has 4 heteroatoms. The predicted octanol–water partition coefficient (Wildman–Crippen LogP) is 3.69. The third-order valence-electron chi connectivity index (χ3n) is 3.11. The molecule has 1 amide bonds. The number of unbranched alkanes of at least 4 members (excludes halogenated alkanes) is 2. The minimum absolute atomic E-state index is 0.101. The Morgan fingerprint density at radius 2 is 2.05 bits per heavy atom. The number of para-hydroxylation sites is 1.